The number of nitrogens with zero attached hydrogens (tertiary/aromatic N) is 6. The molecule has 1 N–H and O–H groups in total. The molecule has 0 aliphatic rings. The number of carboxylic acids is 1. The molecule has 0 saturated heterocycles. The minimum absolute atomic E-state index is 0.0564. The lowest BCUT2D eigenvalue weighted by molar-refractivity contribution is 0.0696. The Morgan fingerprint density at radius 3 is 1.94 bits per heavy atom. The zero-order chi connectivity index (χ0) is 12.7. The zero-order valence-electron chi connectivity index (χ0n) is 8.69. The Kier molecular flexibility index (Phi) is 4.38. The van der Waals surface area contributed by atoms with Crippen LogP contribution in [0.15, 0.2) is 28.4 Å². The van der Waals surface area contributed by atoms with Gasteiger partial charge in [0, 0.05) is 9.82 Å². The van der Waals surface area contributed by atoms with Crippen molar-refractivity contribution in [3.05, 3.63) is 55.8 Å². The maximum Gasteiger partial charge on any atom is 0.335 e. The maximum atomic E-state index is 10.8. The van der Waals surface area contributed by atoms with Crippen LogP contribution in [0.3, 0.4) is 0 Å². The fourth-order valence-corrected chi connectivity index (χ4v) is 1.30. The van der Waals surface area contributed by atoms with E-state index in [1.165, 1.54) is 12.1 Å². The van der Waals surface area contributed by atoms with Gasteiger partial charge in [-0.25, -0.2) is 4.79 Å². The average Bonchev–Trinajstić information content (AvgIpc) is 2.33. The van der Waals surface area contributed by atoms with Gasteiger partial charge in [0.1, 0.15) is 0 Å². The minimum atomic E-state index is -1.09. The lowest BCUT2D eigenvalue weighted by Crippen LogP contribution is -1.99. The van der Waals surface area contributed by atoms with E-state index < -0.39 is 5.97 Å². The molecule has 1 rings (SSSR count). The van der Waals surface area contributed by atoms with Crippen LogP contribution in [0.2, 0.25) is 0 Å². The number of hydrogen-bond acceptors (Lipinski definition) is 3. The van der Waals surface area contributed by atoms with E-state index in [9.17, 15) is 4.79 Å². The standard InChI is InChI=1S/C9H8N6O2/c10-14-12-4-6-1-7(5-13-15-11)3-8(2-6)9(16)17/h1-3H,4-5H2,(H,16,17). The molecule has 0 saturated carbocycles. The van der Waals surface area contributed by atoms with E-state index in [-0.39, 0.29) is 18.7 Å². The van der Waals surface area contributed by atoms with Gasteiger partial charge in [-0.3, -0.25) is 0 Å². The van der Waals surface area contributed by atoms with Crippen molar-refractivity contribution in [2.45, 2.75) is 13.1 Å². The van der Waals surface area contributed by atoms with E-state index >= 15 is 0 Å². The molecule has 0 atom stereocenters. The van der Waals surface area contributed by atoms with Crippen molar-refractivity contribution in [3.8, 4) is 0 Å². The van der Waals surface area contributed by atoms with Crippen LogP contribution in [0.1, 0.15) is 21.5 Å². The van der Waals surface area contributed by atoms with Gasteiger partial charge in [-0.1, -0.05) is 16.3 Å². The molecule has 0 amide bonds. The van der Waals surface area contributed by atoms with Gasteiger partial charge < -0.3 is 5.11 Å². The van der Waals surface area contributed by atoms with Crippen molar-refractivity contribution in [3.63, 3.8) is 0 Å². The number of hydrogen-bond donors (Lipinski definition) is 1. The van der Waals surface area contributed by atoms with Crippen molar-refractivity contribution in [1.82, 2.24) is 0 Å². The molecule has 0 aliphatic carbocycles. The third-order valence-electron chi connectivity index (χ3n) is 1.93. The molecule has 0 radical (unpaired) electrons. The Morgan fingerprint density at radius 2 is 1.59 bits per heavy atom. The maximum absolute atomic E-state index is 10.8. The van der Waals surface area contributed by atoms with Crippen LogP contribution < -0.4 is 0 Å². The Balaban J connectivity index is 3.12. The molecule has 0 heterocycles. The molecule has 1 aromatic rings. The molecule has 1 aromatic carbocycles. The highest BCUT2D eigenvalue weighted by atomic mass is 16.4. The quantitative estimate of drug-likeness (QED) is 0.474. The summed E-state index contributed by atoms with van der Waals surface area (Å²) in [5.74, 6) is -1.09. The highest BCUT2D eigenvalue weighted by Gasteiger charge is 2.06. The number of azide groups is 2. The SMILES string of the molecule is [N-]=[N+]=NCc1cc(CN=[N+]=[N-])cc(C(=O)O)c1. The van der Waals surface area contributed by atoms with Gasteiger partial charge in [0.25, 0.3) is 0 Å². The molecule has 0 aromatic heterocycles. The highest BCUT2D eigenvalue weighted by molar-refractivity contribution is 5.88. The predicted octanol–water partition coefficient (Wildman–Crippen LogP) is 3.01. The van der Waals surface area contributed by atoms with Crippen LogP contribution in [0.5, 0.6) is 0 Å². The molecule has 0 unspecified atom stereocenters. The molecular weight excluding hydrogens is 224 g/mol. The summed E-state index contributed by atoms with van der Waals surface area (Å²) in [6.07, 6.45) is 0. The van der Waals surface area contributed by atoms with Gasteiger partial charge >= 0.3 is 5.97 Å². The summed E-state index contributed by atoms with van der Waals surface area (Å²) in [6, 6.07) is 4.46. The summed E-state index contributed by atoms with van der Waals surface area (Å²) < 4.78 is 0. The van der Waals surface area contributed by atoms with Gasteiger partial charge in [0.2, 0.25) is 0 Å². The van der Waals surface area contributed by atoms with Crippen LogP contribution in [0.4, 0.5) is 0 Å². The largest absolute Gasteiger partial charge is 0.478 e. The smallest absolute Gasteiger partial charge is 0.335 e. The zero-order valence-corrected chi connectivity index (χ0v) is 8.69. The lowest BCUT2D eigenvalue weighted by Gasteiger charge is -2.03. The Bertz CT molecular complexity index is 490. The first kappa shape index (κ1) is 12.4. The molecule has 8 nitrogen and oxygen atoms in total. The highest BCUT2D eigenvalue weighted by Crippen LogP contribution is 2.13. The Morgan fingerprint density at radius 1 is 1.12 bits per heavy atom. The van der Waals surface area contributed by atoms with Crippen molar-refractivity contribution in [2.75, 3.05) is 0 Å². The molecule has 0 bridgehead atoms. The van der Waals surface area contributed by atoms with Gasteiger partial charge in [0.05, 0.1) is 18.7 Å². The molecule has 0 spiro atoms. The van der Waals surface area contributed by atoms with Crippen LogP contribution in [-0.2, 0) is 13.1 Å². The predicted molar refractivity (Wildman–Crippen MR) is 59.1 cm³/mol. The van der Waals surface area contributed by atoms with Gasteiger partial charge in [-0.2, -0.15) is 0 Å². The average molecular weight is 232 g/mol. The summed E-state index contributed by atoms with van der Waals surface area (Å²) >= 11 is 0. The van der Waals surface area contributed by atoms with Crippen molar-refractivity contribution in [2.24, 2.45) is 10.2 Å². The number of rotatable bonds is 5. The van der Waals surface area contributed by atoms with Crippen LogP contribution in [0, 0.1) is 0 Å². The van der Waals surface area contributed by atoms with Gasteiger partial charge in [0.15, 0.2) is 0 Å². The number of carboxylic acid groups (broad SMARTS) is 1. The Labute approximate surface area is 95.7 Å². The lowest BCUT2D eigenvalue weighted by atomic mass is 10.1. The summed E-state index contributed by atoms with van der Waals surface area (Å²) in [5.41, 5.74) is 17.6. The van der Waals surface area contributed by atoms with Crippen LogP contribution >= 0.6 is 0 Å². The van der Waals surface area contributed by atoms with E-state index in [0.717, 1.165) is 0 Å². The first-order valence-corrected chi connectivity index (χ1v) is 4.55. The Hall–Kier alpha value is -2.69. The number of carbonyl (C=O) groups is 1. The second kappa shape index (κ2) is 6.02. The number of aromatic carboxylic acids is 1. The molecule has 8 heteroatoms. The topological polar surface area (TPSA) is 135 Å². The molecule has 86 valence electrons. The van der Waals surface area contributed by atoms with E-state index in [2.05, 4.69) is 20.1 Å². The summed E-state index contributed by atoms with van der Waals surface area (Å²) in [6.45, 7) is 0.113. The van der Waals surface area contributed by atoms with Crippen molar-refractivity contribution in [1.29, 1.82) is 0 Å². The summed E-state index contributed by atoms with van der Waals surface area (Å²) in [7, 11) is 0. The van der Waals surface area contributed by atoms with Gasteiger partial charge in [-0.15, -0.1) is 0 Å². The second-order valence-corrected chi connectivity index (χ2v) is 3.12. The summed E-state index contributed by atoms with van der Waals surface area (Å²) in [4.78, 5) is 16.0. The van der Waals surface area contributed by atoms with Crippen molar-refractivity contribution >= 4 is 5.97 Å². The molecular formula is C9H8N6O2. The van der Waals surface area contributed by atoms with E-state index in [0.29, 0.717) is 11.1 Å². The third-order valence-corrected chi connectivity index (χ3v) is 1.93. The molecule has 0 fully saturated rings. The normalized spacial score (nSPS) is 8.94. The minimum Gasteiger partial charge on any atom is -0.478 e. The van der Waals surface area contributed by atoms with E-state index in [1.54, 1.807) is 6.07 Å². The van der Waals surface area contributed by atoms with Crippen LogP contribution in [-0.4, -0.2) is 11.1 Å². The second-order valence-electron chi connectivity index (χ2n) is 3.12. The van der Waals surface area contributed by atoms with Crippen LogP contribution in [0.25, 0.3) is 20.9 Å². The first-order valence-electron chi connectivity index (χ1n) is 4.55. The van der Waals surface area contributed by atoms with E-state index in [1.807, 2.05) is 0 Å². The summed E-state index contributed by atoms with van der Waals surface area (Å²) in [5, 5.41) is 15.6. The van der Waals surface area contributed by atoms with Gasteiger partial charge in [-0.05, 0) is 34.3 Å². The third kappa shape index (κ3) is 3.75. The molecule has 17 heavy (non-hydrogen) atoms. The fraction of sp³-hybridized carbons (Fsp3) is 0.222. The molecule has 0 aliphatic heterocycles. The fourth-order valence-electron chi connectivity index (χ4n) is 1.30. The van der Waals surface area contributed by atoms with E-state index in [4.69, 9.17) is 16.2 Å². The monoisotopic (exact) mass is 232 g/mol. The van der Waals surface area contributed by atoms with Crippen molar-refractivity contribution < 1.29 is 9.90 Å². The number of benzene rings is 1. The first-order chi connectivity index (χ1) is 8.17.